The maximum atomic E-state index is 13.6. The van der Waals surface area contributed by atoms with Crippen LogP contribution in [0.1, 0.15) is 20.7 Å². The number of carboxylic acids is 1. The number of carboxylic acid groups (broad SMARTS) is 1. The highest BCUT2D eigenvalue weighted by Gasteiger charge is 2.13. The summed E-state index contributed by atoms with van der Waals surface area (Å²) in [6.45, 7) is 0. The molecule has 4 nitrogen and oxygen atoms in total. The molecule has 6 heteroatoms. The van der Waals surface area contributed by atoms with Gasteiger partial charge in [0, 0.05) is 10.2 Å². The number of carbonyl (C=O) groups is 2. The van der Waals surface area contributed by atoms with Crippen LogP contribution in [-0.2, 0) is 0 Å². The average molecular weight is 338 g/mol. The van der Waals surface area contributed by atoms with E-state index in [4.69, 9.17) is 5.11 Å². The normalized spacial score (nSPS) is 10.1. The number of halogens is 2. The Labute approximate surface area is 122 Å². The quantitative estimate of drug-likeness (QED) is 0.900. The molecule has 20 heavy (non-hydrogen) atoms. The lowest BCUT2D eigenvalue weighted by atomic mass is 10.1. The summed E-state index contributed by atoms with van der Waals surface area (Å²) in [5.74, 6) is -2.40. The summed E-state index contributed by atoms with van der Waals surface area (Å²) in [5.41, 5.74) is 0.213. The largest absolute Gasteiger partial charge is 0.478 e. The van der Waals surface area contributed by atoms with Gasteiger partial charge in [0.25, 0.3) is 5.91 Å². The van der Waals surface area contributed by atoms with E-state index in [1.54, 1.807) is 6.07 Å². The summed E-state index contributed by atoms with van der Waals surface area (Å²) in [7, 11) is 0. The number of benzene rings is 2. The topological polar surface area (TPSA) is 66.4 Å². The van der Waals surface area contributed by atoms with Crippen molar-refractivity contribution in [3.63, 3.8) is 0 Å². The van der Waals surface area contributed by atoms with Gasteiger partial charge in [-0.1, -0.05) is 22.0 Å². The molecule has 0 aliphatic heterocycles. The van der Waals surface area contributed by atoms with E-state index in [0.29, 0.717) is 4.47 Å². The lowest BCUT2D eigenvalue weighted by molar-refractivity contribution is 0.0696. The van der Waals surface area contributed by atoms with Crippen molar-refractivity contribution in [3.8, 4) is 0 Å². The molecular weight excluding hydrogens is 329 g/mol. The maximum absolute atomic E-state index is 13.6. The molecule has 0 radical (unpaired) electrons. The second-order valence-electron chi connectivity index (χ2n) is 3.96. The Kier molecular flexibility index (Phi) is 4.14. The third-order valence-electron chi connectivity index (χ3n) is 2.54. The van der Waals surface area contributed by atoms with Gasteiger partial charge in [-0.2, -0.15) is 0 Å². The van der Waals surface area contributed by atoms with Crippen LogP contribution in [-0.4, -0.2) is 17.0 Å². The molecular formula is C14H9BrFNO3. The van der Waals surface area contributed by atoms with Gasteiger partial charge in [-0.05, 0) is 36.4 Å². The molecule has 0 aliphatic rings. The van der Waals surface area contributed by atoms with Crippen molar-refractivity contribution >= 4 is 33.5 Å². The summed E-state index contributed by atoms with van der Waals surface area (Å²) in [4.78, 5) is 22.7. The summed E-state index contributed by atoms with van der Waals surface area (Å²) < 4.78 is 14.2. The van der Waals surface area contributed by atoms with Gasteiger partial charge in [0.15, 0.2) is 0 Å². The maximum Gasteiger partial charge on any atom is 0.335 e. The Bertz CT molecular complexity index is 688. The molecule has 2 rings (SSSR count). The van der Waals surface area contributed by atoms with Crippen LogP contribution >= 0.6 is 15.9 Å². The van der Waals surface area contributed by atoms with E-state index in [0.717, 1.165) is 0 Å². The van der Waals surface area contributed by atoms with Crippen molar-refractivity contribution in [2.24, 2.45) is 0 Å². The molecule has 0 unspecified atom stereocenters. The first-order valence-corrected chi connectivity index (χ1v) is 6.36. The Morgan fingerprint density at radius 1 is 1.15 bits per heavy atom. The summed E-state index contributed by atoms with van der Waals surface area (Å²) >= 11 is 3.10. The Morgan fingerprint density at radius 2 is 1.90 bits per heavy atom. The summed E-state index contributed by atoms with van der Waals surface area (Å²) in [6.07, 6.45) is 0. The molecule has 2 N–H and O–H groups in total. The van der Waals surface area contributed by atoms with Gasteiger partial charge < -0.3 is 10.4 Å². The molecule has 2 aromatic rings. The van der Waals surface area contributed by atoms with Crippen LogP contribution in [0.5, 0.6) is 0 Å². The predicted molar refractivity (Wildman–Crippen MR) is 75.5 cm³/mol. The van der Waals surface area contributed by atoms with Crippen molar-refractivity contribution in [2.45, 2.75) is 0 Å². The number of amides is 1. The van der Waals surface area contributed by atoms with Crippen molar-refractivity contribution in [3.05, 3.63) is 63.9 Å². The first-order chi connectivity index (χ1) is 9.47. The highest BCUT2D eigenvalue weighted by Crippen LogP contribution is 2.17. The molecule has 1 amide bonds. The third kappa shape index (κ3) is 3.21. The van der Waals surface area contributed by atoms with Crippen molar-refractivity contribution in [1.29, 1.82) is 0 Å². The number of carbonyl (C=O) groups excluding carboxylic acids is 1. The highest BCUT2D eigenvalue weighted by molar-refractivity contribution is 9.10. The van der Waals surface area contributed by atoms with Crippen LogP contribution in [0.25, 0.3) is 0 Å². The average Bonchev–Trinajstić information content (AvgIpc) is 2.38. The number of rotatable bonds is 3. The first kappa shape index (κ1) is 14.2. The lowest BCUT2D eigenvalue weighted by Crippen LogP contribution is -2.14. The minimum Gasteiger partial charge on any atom is -0.478 e. The zero-order valence-corrected chi connectivity index (χ0v) is 11.6. The van der Waals surface area contributed by atoms with E-state index in [1.165, 1.54) is 36.4 Å². The summed E-state index contributed by atoms with van der Waals surface area (Å²) in [5, 5.41) is 11.3. The molecule has 102 valence electrons. The van der Waals surface area contributed by atoms with Gasteiger partial charge in [-0.3, -0.25) is 4.79 Å². The van der Waals surface area contributed by atoms with Crippen LogP contribution in [0.15, 0.2) is 46.9 Å². The number of hydrogen-bond acceptors (Lipinski definition) is 2. The fraction of sp³-hybridized carbons (Fsp3) is 0. The second kappa shape index (κ2) is 5.83. The van der Waals surface area contributed by atoms with E-state index in [1.807, 2.05) is 0 Å². The van der Waals surface area contributed by atoms with E-state index in [9.17, 15) is 14.0 Å². The molecule has 0 fully saturated rings. The van der Waals surface area contributed by atoms with Gasteiger partial charge in [0.05, 0.1) is 11.1 Å². The molecule has 0 bridgehead atoms. The Morgan fingerprint density at radius 3 is 2.55 bits per heavy atom. The highest BCUT2D eigenvalue weighted by atomic mass is 79.9. The molecule has 0 saturated heterocycles. The molecule has 0 heterocycles. The monoisotopic (exact) mass is 337 g/mol. The van der Waals surface area contributed by atoms with E-state index in [2.05, 4.69) is 21.2 Å². The van der Waals surface area contributed by atoms with Crippen molar-refractivity contribution in [1.82, 2.24) is 0 Å². The van der Waals surface area contributed by atoms with Crippen LogP contribution in [0.2, 0.25) is 0 Å². The molecule has 0 aromatic heterocycles. The van der Waals surface area contributed by atoms with Gasteiger partial charge in [0.1, 0.15) is 5.82 Å². The molecule has 2 aromatic carbocycles. The molecule has 0 spiro atoms. The molecule has 0 atom stereocenters. The lowest BCUT2D eigenvalue weighted by Gasteiger charge is -2.07. The van der Waals surface area contributed by atoms with Crippen LogP contribution < -0.4 is 5.32 Å². The van der Waals surface area contributed by atoms with Gasteiger partial charge >= 0.3 is 5.97 Å². The predicted octanol–water partition coefficient (Wildman–Crippen LogP) is 3.54. The zero-order chi connectivity index (χ0) is 14.7. The van der Waals surface area contributed by atoms with Crippen LogP contribution in [0.4, 0.5) is 10.1 Å². The van der Waals surface area contributed by atoms with Gasteiger partial charge in [-0.15, -0.1) is 0 Å². The second-order valence-corrected chi connectivity index (χ2v) is 4.88. The number of hydrogen-bond donors (Lipinski definition) is 2. The molecule has 0 saturated carbocycles. The smallest absolute Gasteiger partial charge is 0.335 e. The number of anilines is 1. The van der Waals surface area contributed by atoms with E-state index in [-0.39, 0.29) is 16.8 Å². The van der Waals surface area contributed by atoms with Crippen LogP contribution in [0.3, 0.4) is 0 Å². The zero-order valence-electron chi connectivity index (χ0n) is 10.1. The van der Waals surface area contributed by atoms with Crippen molar-refractivity contribution < 1.29 is 19.1 Å². The van der Waals surface area contributed by atoms with Gasteiger partial charge in [-0.25, -0.2) is 9.18 Å². The number of nitrogens with one attached hydrogen (secondary N) is 1. The fourth-order valence-electron chi connectivity index (χ4n) is 1.60. The standard InChI is InChI=1S/C14H9BrFNO3/c15-9-4-5-11(12(16)7-9)13(18)17-10-3-1-2-8(6-10)14(19)20/h1-7H,(H,17,18)(H,19,20). The van der Waals surface area contributed by atoms with Crippen molar-refractivity contribution in [2.75, 3.05) is 5.32 Å². The van der Waals surface area contributed by atoms with E-state index >= 15 is 0 Å². The summed E-state index contributed by atoms with van der Waals surface area (Å²) in [6, 6.07) is 9.80. The number of aromatic carboxylic acids is 1. The third-order valence-corrected chi connectivity index (χ3v) is 3.04. The minimum absolute atomic E-state index is 0.0408. The minimum atomic E-state index is -1.10. The van der Waals surface area contributed by atoms with E-state index < -0.39 is 17.7 Å². The van der Waals surface area contributed by atoms with Gasteiger partial charge in [0.2, 0.25) is 0 Å². The first-order valence-electron chi connectivity index (χ1n) is 5.57. The Hall–Kier alpha value is -2.21. The molecule has 0 aliphatic carbocycles. The fourth-order valence-corrected chi connectivity index (χ4v) is 1.94. The SMILES string of the molecule is O=C(O)c1cccc(NC(=O)c2ccc(Br)cc2F)c1. The van der Waals surface area contributed by atoms with Crippen LogP contribution in [0, 0.1) is 5.82 Å². The Balaban J connectivity index is 2.23.